The highest BCUT2D eigenvalue weighted by Gasteiger charge is 2.21. The number of carbonyl (C=O) groups excluding carboxylic acids is 1. The van der Waals surface area contributed by atoms with Crippen LogP contribution >= 0.6 is 23.5 Å². The minimum Gasteiger partial charge on any atom is -0.476 e. The molecule has 0 unspecified atom stereocenters. The molecule has 0 aliphatic carbocycles. The number of hydrogen-bond donors (Lipinski definition) is 1. The van der Waals surface area contributed by atoms with E-state index in [0.717, 1.165) is 19.6 Å². The summed E-state index contributed by atoms with van der Waals surface area (Å²) in [5.41, 5.74) is -0.00163. The molecule has 0 spiro atoms. The summed E-state index contributed by atoms with van der Waals surface area (Å²) in [4.78, 5) is 69.4. The summed E-state index contributed by atoms with van der Waals surface area (Å²) >= 11 is 3.06. The fourth-order valence-electron chi connectivity index (χ4n) is 5.40. The van der Waals surface area contributed by atoms with Crippen molar-refractivity contribution in [2.75, 3.05) is 6.61 Å². The molecule has 276 valence electrons. The van der Waals surface area contributed by atoms with Gasteiger partial charge in [-0.1, -0.05) is 35.7 Å². The van der Waals surface area contributed by atoms with Crippen molar-refractivity contribution >= 4 is 57.5 Å². The second-order valence-corrected chi connectivity index (χ2v) is 13.8. The summed E-state index contributed by atoms with van der Waals surface area (Å²) in [7, 11) is 0. The number of pyridine rings is 4. The van der Waals surface area contributed by atoms with Gasteiger partial charge < -0.3 is 9.84 Å². The van der Waals surface area contributed by atoms with Gasteiger partial charge in [0.15, 0.2) is 11.3 Å². The number of esters is 1. The zero-order valence-electron chi connectivity index (χ0n) is 29.3. The van der Waals surface area contributed by atoms with Crippen LogP contribution in [0.2, 0.25) is 0 Å². The van der Waals surface area contributed by atoms with E-state index in [2.05, 4.69) is 30.1 Å². The Hall–Kier alpha value is -7.04. The highest BCUT2D eigenvalue weighted by Crippen LogP contribution is 2.30. The average molecular weight is 781 g/mol. The number of carboxylic acid groups (broad SMARTS) is 1. The molecule has 6 heterocycles. The third-order valence-corrected chi connectivity index (χ3v) is 9.76. The van der Waals surface area contributed by atoms with Gasteiger partial charge in [0, 0.05) is 56.8 Å². The molecule has 16 heteroatoms. The number of carboxylic acids is 1. The molecule has 14 nitrogen and oxygen atoms in total. The highest BCUT2D eigenvalue weighted by molar-refractivity contribution is 7.99. The van der Waals surface area contributed by atoms with E-state index < -0.39 is 28.5 Å². The monoisotopic (exact) mass is 780 g/mol. The zero-order chi connectivity index (χ0) is 39.0. The Balaban J connectivity index is 0.000000172. The lowest BCUT2D eigenvalue weighted by Crippen LogP contribution is -2.24. The van der Waals surface area contributed by atoms with E-state index in [1.165, 1.54) is 27.3 Å². The fraction of sp³-hybridized carbons (Fsp3) is 0.0500. The third-order valence-electron chi connectivity index (χ3n) is 7.83. The Morgan fingerprint density at radius 1 is 0.625 bits per heavy atom. The summed E-state index contributed by atoms with van der Waals surface area (Å²) < 4.78 is 7.88. The molecule has 0 atom stereocenters. The molecule has 6 aromatic heterocycles. The third kappa shape index (κ3) is 8.20. The first-order valence-corrected chi connectivity index (χ1v) is 18.5. The molecular weight excluding hydrogens is 753 g/mol. The molecule has 0 aliphatic rings. The normalized spacial score (nSPS) is 10.8. The van der Waals surface area contributed by atoms with Crippen LogP contribution in [0.3, 0.4) is 0 Å². The Labute approximate surface area is 325 Å². The molecular formula is C40H28N8O6S2. The molecule has 0 bridgehead atoms. The van der Waals surface area contributed by atoms with Gasteiger partial charge in [-0.2, -0.15) is 10.2 Å². The summed E-state index contributed by atoms with van der Waals surface area (Å²) in [5.74, 6) is -2.13. The predicted molar refractivity (Wildman–Crippen MR) is 210 cm³/mol. The summed E-state index contributed by atoms with van der Waals surface area (Å²) in [6.07, 6.45) is 10.1. The van der Waals surface area contributed by atoms with Crippen molar-refractivity contribution in [3.05, 3.63) is 166 Å². The van der Waals surface area contributed by atoms with E-state index in [1.54, 1.807) is 80.0 Å². The number of rotatable bonds is 9. The summed E-state index contributed by atoms with van der Waals surface area (Å²) in [6.45, 7) is 1.83. The maximum Gasteiger partial charge on any atom is 0.362 e. The molecule has 56 heavy (non-hydrogen) atoms. The van der Waals surface area contributed by atoms with Crippen LogP contribution in [0.15, 0.2) is 163 Å². The predicted octanol–water partition coefficient (Wildman–Crippen LogP) is 6.53. The van der Waals surface area contributed by atoms with E-state index >= 15 is 0 Å². The van der Waals surface area contributed by atoms with Crippen LogP contribution in [-0.4, -0.2) is 63.1 Å². The van der Waals surface area contributed by atoms with E-state index in [4.69, 9.17) is 4.74 Å². The number of fused-ring (bicyclic) bond motifs is 2. The van der Waals surface area contributed by atoms with Gasteiger partial charge in [0.1, 0.15) is 0 Å². The van der Waals surface area contributed by atoms with Crippen molar-refractivity contribution in [1.82, 2.24) is 39.5 Å². The molecule has 8 rings (SSSR count). The Bertz CT molecular complexity index is 2840. The van der Waals surface area contributed by atoms with Gasteiger partial charge in [-0.05, 0) is 91.9 Å². The van der Waals surface area contributed by atoms with Gasteiger partial charge >= 0.3 is 11.9 Å². The number of nitrogens with zero attached hydrogens (tertiary/aromatic N) is 8. The topological polar surface area (TPSA) is 185 Å². The maximum absolute atomic E-state index is 12.7. The second kappa shape index (κ2) is 17.0. The van der Waals surface area contributed by atoms with Crippen molar-refractivity contribution in [3.8, 4) is 11.4 Å². The maximum atomic E-state index is 12.7. The minimum atomic E-state index is -1.37. The standard InChI is InChI=1S/C21H16N4O3S.C19H12N4O3S/c1-2-28-21(27)18-19(26)17-9-5-11-23-20(17)25(24-18)14-6-3-7-15(12-14)29-16-8-4-10-22-13-16;24-17-15-7-3-9-21-18(15)23(22-16(17)19(25)26)12-4-1-5-13(10-12)27-14-6-2-8-20-11-14/h3-13H,2H2,1H3;1-11H,(H,25,26). The molecule has 2 aromatic carbocycles. The molecule has 0 saturated heterocycles. The van der Waals surface area contributed by atoms with Crippen molar-refractivity contribution < 1.29 is 19.4 Å². The van der Waals surface area contributed by atoms with Gasteiger partial charge in [0.2, 0.25) is 22.2 Å². The van der Waals surface area contributed by atoms with Crippen molar-refractivity contribution in [2.24, 2.45) is 0 Å². The van der Waals surface area contributed by atoms with Crippen LogP contribution in [0.1, 0.15) is 27.9 Å². The van der Waals surface area contributed by atoms with Crippen LogP contribution in [-0.2, 0) is 4.74 Å². The van der Waals surface area contributed by atoms with Crippen LogP contribution in [0.4, 0.5) is 0 Å². The molecule has 0 radical (unpaired) electrons. The number of ether oxygens (including phenoxy) is 1. The number of aromatic nitrogens is 8. The summed E-state index contributed by atoms with van der Waals surface area (Å²) in [6, 6.07) is 29.1. The summed E-state index contributed by atoms with van der Waals surface area (Å²) in [5, 5.41) is 18.2. The lowest BCUT2D eigenvalue weighted by Gasteiger charge is -2.12. The van der Waals surface area contributed by atoms with Gasteiger partial charge in [-0.3, -0.25) is 19.6 Å². The van der Waals surface area contributed by atoms with E-state index in [1.807, 2.05) is 66.7 Å². The van der Waals surface area contributed by atoms with Gasteiger partial charge in [-0.25, -0.2) is 28.9 Å². The average Bonchev–Trinajstić information content (AvgIpc) is 3.22. The van der Waals surface area contributed by atoms with Crippen LogP contribution in [0.5, 0.6) is 0 Å². The second-order valence-electron chi connectivity index (χ2n) is 11.5. The van der Waals surface area contributed by atoms with Gasteiger partial charge in [-0.15, -0.1) is 0 Å². The quantitative estimate of drug-likeness (QED) is 0.156. The lowest BCUT2D eigenvalue weighted by atomic mass is 10.2. The Kier molecular flexibility index (Phi) is 11.3. The molecule has 1 N–H and O–H groups in total. The minimum absolute atomic E-state index is 0.155. The largest absolute Gasteiger partial charge is 0.476 e. The Morgan fingerprint density at radius 2 is 1.09 bits per heavy atom. The first kappa shape index (κ1) is 37.3. The SMILES string of the molecule is CCOC(=O)c1nn(-c2cccc(Sc3cccnc3)c2)c2ncccc2c1=O.O=C(O)c1nn(-c2cccc(Sc3cccnc3)c2)c2ncccc2c1=O. The zero-order valence-corrected chi connectivity index (χ0v) is 30.9. The van der Waals surface area contributed by atoms with Gasteiger partial charge in [0.25, 0.3) is 0 Å². The van der Waals surface area contributed by atoms with Crippen LogP contribution in [0.25, 0.3) is 33.4 Å². The van der Waals surface area contributed by atoms with E-state index in [9.17, 15) is 24.3 Å². The fourth-order valence-corrected chi connectivity index (χ4v) is 7.12. The Morgan fingerprint density at radius 3 is 1.55 bits per heavy atom. The molecule has 8 aromatic rings. The van der Waals surface area contributed by atoms with Crippen molar-refractivity contribution in [1.29, 1.82) is 0 Å². The number of hydrogen-bond acceptors (Lipinski definition) is 13. The lowest BCUT2D eigenvalue weighted by molar-refractivity contribution is 0.0515. The first-order chi connectivity index (χ1) is 27.3. The van der Waals surface area contributed by atoms with Crippen molar-refractivity contribution in [2.45, 2.75) is 26.5 Å². The van der Waals surface area contributed by atoms with Crippen LogP contribution in [0, 0.1) is 0 Å². The van der Waals surface area contributed by atoms with E-state index in [-0.39, 0.29) is 17.7 Å². The number of carbonyl (C=O) groups is 2. The first-order valence-electron chi connectivity index (χ1n) is 16.8. The number of benzene rings is 2. The van der Waals surface area contributed by atoms with Crippen molar-refractivity contribution in [3.63, 3.8) is 0 Å². The highest BCUT2D eigenvalue weighted by atomic mass is 32.2. The molecule has 0 fully saturated rings. The molecule has 0 saturated carbocycles. The number of aromatic carboxylic acids is 1. The van der Waals surface area contributed by atoms with Crippen LogP contribution < -0.4 is 10.9 Å². The van der Waals surface area contributed by atoms with E-state index in [0.29, 0.717) is 28.1 Å². The molecule has 0 aliphatic heterocycles. The molecule has 0 amide bonds. The smallest absolute Gasteiger partial charge is 0.362 e. The van der Waals surface area contributed by atoms with Gasteiger partial charge in [0.05, 0.1) is 28.8 Å².